The highest BCUT2D eigenvalue weighted by Crippen LogP contribution is 2.47. The van der Waals surface area contributed by atoms with E-state index in [-0.39, 0.29) is 12.0 Å². The third-order valence-electron chi connectivity index (χ3n) is 4.15. The number of fused-ring (bicyclic) bond motifs is 1. The van der Waals surface area contributed by atoms with Crippen LogP contribution in [0, 0.1) is 0 Å². The molecule has 0 unspecified atom stereocenters. The zero-order valence-corrected chi connectivity index (χ0v) is 13.3. The molecule has 0 aliphatic carbocycles. The SMILES string of the molecule is COc1ccc2c(c1)[C@H](C)[C@H](c1ccc(OC)c(OC)c1)O2. The van der Waals surface area contributed by atoms with Gasteiger partial charge in [0.25, 0.3) is 0 Å². The van der Waals surface area contributed by atoms with E-state index in [1.165, 1.54) is 5.56 Å². The van der Waals surface area contributed by atoms with Crippen molar-refractivity contribution in [3.63, 3.8) is 0 Å². The summed E-state index contributed by atoms with van der Waals surface area (Å²) in [7, 11) is 4.95. The Morgan fingerprint density at radius 3 is 2.32 bits per heavy atom. The van der Waals surface area contributed by atoms with Gasteiger partial charge in [0, 0.05) is 11.5 Å². The van der Waals surface area contributed by atoms with E-state index in [2.05, 4.69) is 6.92 Å². The summed E-state index contributed by atoms with van der Waals surface area (Å²) < 4.78 is 22.1. The van der Waals surface area contributed by atoms with Crippen molar-refractivity contribution in [2.45, 2.75) is 18.9 Å². The molecule has 2 atom stereocenters. The summed E-state index contributed by atoms with van der Waals surface area (Å²) >= 11 is 0. The van der Waals surface area contributed by atoms with Crippen LogP contribution in [0.2, 0.25) is 0 Å². The molecule has 2 aromatic carbocycles. The summed E-state index contributed by atoms with van der Waals surface area (Å²) in [4.78, 5) is 0. The fourth-order valence-electron chi connectivity index (χ4n) is 2.91. The molecule has 1 aliphatic rings. The number of methoxy groups -OCH3 is 3. The minimum absolute atomic E-state index is 0.0399. The zero-order chi connectivity index (χ0) is 15.7. The van der Waals surface area contributed by atoms with Gasteiger partial charge in [-0.2, -0.15) is 0 Å². The number of rotatable bonds is 4. The molecule has 22 heavy (non-hydrogen) atoms. The van der Waals surface area contributed by atoms with Gasteiger partial charge in [-0.3, -0.25) is 0 Å². The molecule has 0 N–H and O–H groups in total. The number of hydrogen-bond acceptors (Lipinski definition) is 4. The highest BCUT2D eigenvalue weighted by Gasteiger charge is 2.33. The Bertz CT molecular complexity index is 681. The van der Waals surface area contributed by atoms with E-state index in [1.54, 1.807) is 21.3 Å². The van der Waals surface area contributed by atoms with Gasteiger partial charge in [0.15, 0.2) is 11.5 Å². The quantitative estimate of drug-likeness (QED) is 0.856. The molecule has 0 spiro atoms. The summed E-state index contributed by atoms with van der Waals surface area (Å²) in [5, 5.41) is 0. The summed E-state index contributed by atoms with van der Waals surface area (Å²) in [5.41, 5.74) is 2.24. The van der Waals surface area contributed by atoms with Crippen molar-refractivity contribution in [2.24, 2.45) is 0 Å². The minimum atomic E-state index is -0.0399. The fourth-order valence-corrected chi connectivity index (χ4v) is 2.91. The van der Waals surface area contributed by atoms with E-state index < -0.39 is 0 Å². The van der Waals surface area contributed by atoms with Crippen molar-refractivity contribution in [1.82, 2.24) is 0 Å². The number of benzene rings is 2. The van der Waals surface area contributed by atoms with Gasteiger partial charge >= 0.3 is 0 Å². The molecule has 116 valence electrons. The maximum Gasteiger partial charge on any atom is 0.161 e. The van der Waals surface area contributed by atoms with Crippen LogP contribution >= 0.6 is 0 Å². The molecular formula is C18H20O4. The molecule has 1 heterocycles. The summed E-state index contributed by atoms with van der Waals surface area (Å²) in [5.74, 6) is 3.43. The van der Waals surface area contributed by atoms with Gasteiger partial charge in [-0.25, -0.2) is 0 Å². The van der Waals surface area contributed by atoms with Crippen LogP contribution in [0.4, 0.5) is 0 Å². The molecule has 0 saturated heterocycles. The molecule has 4 nitrogen and oxygen atoms in total. The Balaban J connectivity index is 1.94. The van der Waals surface area contributed by atoms with E-state index in [0.717, 1.165) is 22.8 Å². The normalized spacial score (nSPS) is 19.3. The number of ether oxygens (including phenoxy) is 4. The van der Waals surface area contributed by atoms with Gasteiger partial charge in [-0.05, 0) is 35.9 Å². The predicted octanol–water partition coefficient (Wildman–Crippen LogP) is 3.95. The van der Waals surface area contributed by atoms with Crippen molar-refractivity contribution in [3.8, 4) is 23.0 Å². The molecule has 0 aromatic heterocycles. The van der Waals surface area contributed by atoms with E-state index in [9.17, 15) is 0 Å². The molecule has 2 aromatic rings. The van der Waals surface area contributed by atoms with E-state index in [1.807, 2.05) is 36.4 Å². The molecule has 0 bridgehead atoms. The van der Waals surface area contributed by atoms with Crippen LogP contribution in [0.5, 0.6) is 23.0 Å². The summed E-state index contributed by atoms with van der Waals surface area (Å²) in [6.07, 6.45) is -0.0399. The van der Waals surface area contributed by atoms with Crippen molar-refractivity contribution < 1.29 is 18.9 Å². The van der Waals surface area contributed by atoms with Crippen molar-refractivity contribution in [3.05, 3.63) is 47.5 Å². The Kier molecular flexibility index (Phi) is 3.84. The Labute approximate surface area is 130 Å². The van der Waals surface area contributed by atoms with E-state index in [4.69, 9.17) is 18.9 Å². The Morgan fingerprint density at radius 2 is 1.64 bits per heavy atom. The highest BCUT2D eigenvalue weighted by molar-refractivity contribution is 5.49. The first-order valence-corrected chi connectivity index (χ1v) is 7.24. The standard InChI is InChI=1S/C18H20O4/c1-11-14-10-13(19-2)6-8-15(14)22-18(11)12-5-7-16(20-3)17(9-12)21-4/h5-11,18H,1-4H3/t11-,18+/m0/s1. The summed E-state index contributed by atoms with van der Waals surface area (Å²) in [6.45, 7) is 2.16. The summed E-state index contributed by atoms with van der Waals surface area (Å²) in [6, 6.07) is 11.8. The van der Waals surface area contributed by atoms with E-state index in [0.29, 0.717) is 5.75 Å². The maximum atomic E-state index is 6.13. The lowest BCUT2D eigenvalue weighted by atomic mass is 9.92. The monoisotopic (exact) mass is 300 g/mol. The minimum Gasteiger partial charge on any atom is -0.497 e. The predicted molar refractivity (Wildman–Crippen MR) is 84.3 cm³/mol. The molecule has 0 radical (unpaired) electrons. The molecule has 4 heteroatoms. The van der Waals surface area contributed by atoms with Gasteiger partial charge < -0.3 is 18.9 Å². The van der Waals surface area contributed by atoms with Crippen LogP contribution in [0.15, 0.2) is 36.4 Å². The lowest BCUT2D eigenvalue weighted by Gasteiger charge is -2.17. The molecule has 1 aliphatic heterocycles. The van der Waals surface area contributed by atoms with Crippen LogP contribution in [0.1, 0.15) is 30.1 Å². The molecular weight excluding hydrogens is 280 g/mol. The van der Waals surface area contributed by atoms with Gasteiger partial charge in [0.05, 0.1) is 21.3 Å². The van der Waals surface area contributed by atoms with Crippen LogP contribution < -0.4 is 18.9 Å². The Hall–Kier alpha value is -2.36. The van der Waals surface area contributed by atoms with Crippen LogP contribution in [-0.4, -0.2) is 21.3 Å². The van der Waals surface area contributed by atoms with Crippen molar-refractivity contribution in [1.29, 1.82) is 0 Å². The average Bonchev–Trinajstić information content (AvgIpc) is 2.90. The largest absolute Gasteiger partial charge is 0.497 e. The first-order valence-electron chi connectivity index (χ1n) is 7.24. The second kappa shape index (κ2) is 5.79. The van der Waals surface area contributed by atoms with Gasteiger partial charge in [-0.15, -0.1) is 0 Å². The first-order chi connectivity index (χ1) is 10.7. The number of hydrogen-bond donors (Lipinski definition) is 0. The molecule has 0 saturated carbocycles. The zero-order valence-electron chi connectivity index (χ0n) is 13.3. The van der Waals surface area contributed by atoms with Gasteiger partial charge in [-0.1, -0.05) is 13.0 Å². The third-order valence-corrected chi connectivity index (χ3v) is 4.15. The first kappa shape index (κ1) is 14.6. The molecule has 3 rings (SSSR count). The van der Waals surface area contributed by atoms with Crippen molar-refractivity contribution >= 4 is 0 Å². The van der Waals surface area contributed by atoms with Gasteiger partial charge in [0.1, 0.15) is 17.6 Å². The molecule has 0 amide bonds. The second-order valence-corrected chi connectivity index (χ2v) is 5.35. The Morgan fingerprint density at radius 1 is 0.864 bits per heavy atom. The average molecular weight is 300 g/mol. The van der Waals surface area contributed by atoms with Gasteiger partial charge in [0.2, 0.25) is 0 Å². The third kappa shape index (κ3) is 2.34. The maximum absolute atomic E-state index is 6.13. The lowest BCUT2D eigenvalue weighted by molar-refractivity contribution is 0.215. The molecule has 0 fully saturated rings. The van der Waals surface area contributed by atoms with Crippen LogP contribution in [0.25, 0.3) is 0 Å². The highest BCUT2D eigenvalue weighted by atomic mass is 16.5. The van der Waals surface area contributed by atoms with E-state index >= 15 is 0 Å². The van der Waals surface area contributed by atoms with Crippen molar-refractivity contribution in [2.75, 3.05) is 21.3 Å². The second-order valence-electron chi connectivity index (χ2n) is 5.35. The smallest absolute Gasteiger partial charge is 0.161 e. The fraction of sp³-hybridized carbons (Fsp3) is 0.333. The van der Waals surface area contributed by atoms with Crippen LogP contribution in [0.3, 0.4) is 0 Å². The lowest BCUT2D eigenvalue weighted by Crippen LogP contribution is -2.07. The topological polar surface area (TPSA) is 36.9 Å². The van der Waals surface area contributed by atoms with Crippen LogP contribution in [-0.2, 0) is 0 Å².